The molecule has 0 aliphatic rings. The summed E-state index contributed by atoms with van der Waals surface area (Å²) in [6.07, 6.45) is 1.59. The summed E-state index contributed by atoms with van der Waals surface area (Å²) in [5, 5.41) is 9.69. The van der Waals surface area contributed by atoms with Crippen LogP contribution in [0.1, 0.15) is 31.3 Å². The maximum absolute atomic E-state index is 10.9. The minimum atomic E-state index is -0.838. The smallest absolute Gasteiger partial charge is 0.308 e. The second kappa shape index (κ2) is 4.57. The molecule has 0 bridgehead atoms. The molecule has 5 heteroatoms. The molecule has 4 nitrogen and oxygen atoms in total. The SMILES string of the molecule is CC(C)(C)c1nc(-c2ccco2)sc1CC(=O)O. The van der Waals surface area contributed by atoms with E-state index in [1.807, 2.05) is 26.8 Å². The normalized spacial score (nSPS) is 11.7. The maximum Gasteiger partial charge on any atom is 0.308 e. The van der Waals surface area contributed by atoms with Crippen LogP contribution in [-0.4, -0.2) is 16.1 Å². The van der Waals surface area contributed by atoms with Crippen LogP contribution in [0.15, 0.2) is 22.8 Å². The molecule has 96 valence electrons. The van der Waals surface area contributed by atoms with E-state index in [0.717, 1.165) is 15.6 Å². The van der Waals surface area contributed by atoms with E-state index >= 15 is 0 Å². The first-order valence-electron chi connectivity index (χ1n) is 5.64. The van der Waals surface area contributed by atoms with Crippen LogP contribution in [0.25, 0.3) is 10.8 Å². The molecular weight excluding hydrogens is 250 g/mol. The van der Waals surface area contributed by atoms with E-state index in [9.17, 15) is 4.79 Å². The molecule has 0 aliphatic carbocycles. The Morgan fingerprint density at radius 1 is 1.50 bits per heavy atom. The van der Waals surface area contributed by atoms with Gasteiger partial charge in [0.1, 0.15) is 0 Å². The summed E-state index contributed by atoms with van der Waals surface area (Å²) in [5.74, 6) is -0.155. The van der Waals surface area contributed by atoms with Crippen molar-refractivity contribution in [3.63, 3.8) is 0 Å². The van der Waals surface area contributed by atoms with Crippen LogP contribution in [0.4, 0.5) is 0 Å². The zero-order valence-electron chi connectivity index (χ0n) is 10.6. The van der Waals surface area contributed by atoms with Crippen molar-refractivity contribution in [3.05, 3.63) is 29.0 Å². The average Bonchev–Trinajstić information content (AvgIpc) is 2.81. The third-order valence-electron chi connectivity index (χ3n) is 2.45. The van der Waals surface area contributed by atoms with Crippen molar-refractivity contribution in [1.29, 1.82) is 0 Å². The van der Waals surface area contributed by atoms with E-state index in [1.165, 1.54) is 11.3 Å². The number of carbonyl (C=O) groups is 1. The number of aliphatic carboxylic acids is 1. The van der Waals surface area contributed by atoms with Gasteiger partial charge in [-0.15, -0.1) is 11.3 Å². The van der Waals surface area contributed by atoms with Crippen molar-refractivity contribution < 1.29 is 14.3 Å². The van der Waals surface area contributed by atoms with Crippen molar-refractivity contribution in [2.45, 2.75) is 32.6 Å². The molecule has 0 fully saturated rings. The summed E-state index contributed by atoms with van der Waals surface area (Å²) in [6.45, 7) is 6.08. The number of furan rings is 1. The van der Waals surface area contributed by atoms with Gasteiger partial charge in [-0.25, -0.2) is 4.98 Å². The fraction of sp³-hybridized carbons (Fsp3) is 0.385. The van der Waals surface area contributed by atoms with Gasteiger partial charge in [-0.1, -0.05) is 20.8 Å². The molecule has 2 heterocycles. The van der Waals surface area contributed by atoms with Crippen molar-refractivity contribution in [2.24, 2.45) is 0 Å². The van der Waals surface area contributed by atoms with E-state index < -0.39 is 5.97 Å². The minimum Gasteiger partial charge on any atom is -0.481 e. The van der Waals surface area contributed by atoms with Crippen LogP contribution in [0.2, 0.25) is 0 Å². The molecule has 2 aromatic heterocycles. The highest BCUT2D eigenvalue weighted by Crippen LogP contribution is 2.34. The van der Waals surface area contributed by atoms with Gasteiger partial charge in [0.2, 0.25) is 0 Å². The van der Waals surface area contributed by atoms with E-state index in [1.54, 1.807) is 12.3 Å². The first-order chi connectivity index (χ1) is 8.38. The Balaban J connectivity index is 2.47. The summed E-state index contributed by atoms with van der Waals surface area (Å²) in [4.78, 5) is 16.2. The Morgan fingerprint density at radius 2 is 2.22 bits per heavy atom. The molecular formula is C13H15NO3S. The summed E-state index contributed by atoms with van der Waals surface area (Å²) in [5.41, 5.74) is 0.660. The molecule has 0 aliphatic heterocycles. The summed E-state index contributed by atoms with van der Waals surface area (Å²) in [7, 11) is 0. The highest BCUT2D eigenvalue weighted by Gasteiger charge is 2.25. The Labute approximate surface area is 109 Å². The van der Waals surface area contributed by atoms with Crippen LogP contribution < -0.4 is 0 Å². The molecule has 0 radical (unpaired) electrons. The lowest BCUT2D eigenvalue weighted by Crippen LogP contribution is -2.15. The average molecular weight is 265 g/mol. The molecule has 0 spiro atoms. The monoisotopic (exact) mass is 265 g/mol. The van der Waals surface area contributed by atoms with Gasteiger partial charge in [0.15, 0.2) is 10.8 Å². The largest absolute Gasteiger partial charge is 0.481 e. The zero-order chi connectivity index (χ0) is 13.3. The highest BCUT2D eigenvalue weighted by molar-refractivity contribution is 7.15. The quantitative estimate of drug-likeness (QED) is 0.924. The molecule has 0 atom stereocenters. The number of rotatable bonds is 3. The molecule has 0 saturated carbocycles. The number of carboxylic acids is 1. The Morgan fingerprint density at radius 3 is 2.72 bits per heavy atom. The zero-order valence-corrected chi connectivity index (χ0v) is 11.4. The topological polar surface area (TPSA) is 63.3 Å². The van der Waals surface area contributed by atoms with Gasteiger partial charge in [0.25, 0.3) is 0 Å². The Hall–Kier alpha value is -1.62. The third kappa shape index (κ3) is 2.61. The molecule has 0 saturated heterocycles. The van der Waals surface area contributed by atoms with Gasteiger partial charge in [0, 0.05) is 10.3 Å². The molecule has 0 aromatic carbocycles. The predicted octanol–water partition coefficient (Wildman–Crippen LogP) is 3.33. The second-order valence-electron chi connectivity index (χ2n) is 5.09. The van der Waals surface area contributed by atoms with E-state index in [-0.39, 0.29) is 11.8 Å². The van der Waals surface area contributed by atoms with Crippen LogP contribution in [0.3, 0.4) is 0 Å². The number of hydrogen-bond donors (Lipinski definition) is 1. The molecule has 0 unspecified atom stereocenters. The molecule has 2 rings (SSSR count). The second-order valence-corrected chi connectivity index (χ2v) is 6.17. The van der Waals surface area contributed by atoms with Crippen LogP contribution in [-0.2, 0) is 16.6 Å². The lowest BCUT2D eigenvalue weighted by molar-refractivity contribution is -0.136. The number of carboxylic acid groups (broad SMARTS) is 1. The third-order valence-corrected chi connectivity index (χ3v) is 3.52. The van der Waals surface area contributed by atoms with Crippen molar-refractivity contribution in [1.82, 2.24) is 4.98 Å². The van der Waals surface area contributed by atoms with Gasteiger partial charge < -0.3 is 9.52 Å². The summed E-state index contributed by atoms with van der Waals surface area (Å²) in [6, 6.07) is 3.63. The molecule has 2 aromatic rings. The number of thiazole rings is 1. The number of aromatic nitrogens is 1. The Bertz CT molecular complexity index is 549. The molecule has 18 heavy (non-hydrogen) atoms. The Kier molecular flexibility index (Phi) is 3.26. The first kappa shape index (κ1) is 12.8. The van der Waals surface area contributed by atoms with E-state index in [2.05, 4.69) is 4.98 Å². The van der Waals surface area contributed by atoms with Crippen LogP contribution in [0.5, 0.6) is 0 Å². The fourth-order valence-electron chi connectivity index (χ4n) is 1.70. The lowest BCUT2D eigenvalue weighted by Gasteiger charge is -2.16. The summed E-state index contributed by atoms with van der Waals surface area (Å²) >= 11 is 1.39. The number of nitrogens with zero attached hydrogens (tertiary/aromatic N) is 1. The summed E-state index contributed by atoms with van der Waals surface area (Å²) < 4.78 is 5.31. The standard InChI is InChI=1S/C13H15NO3S/c1-13(2,3)11-9(7-10(15)16)18-12(14-11)8-5-4-6-17-8/h4-6H,7H2,1-3H3,(H,15,16). The van der Waals surface area contributed by atoms with Gasteiger partial charge in [-0.3, -0.25) is 4.79 Å². The van der Waals surface area contributed by atoms with Crippen molar-refractivity contribution >= 4 is 17.3 Å². The van der Waals surface area contributed by atoms with Crippen LogP contribution in [0, 0.1) is 0 Å². The number of hydrogen-bond acceptors (Lipinski definition) is 4. The maximum atomic E-state index is 10.9. The highest BCUT2D eigenvalue weighted by atomic mass is 32.1. The van der Waals surface area contributed by atoms with Gasteiger partial charge in [0.05, 0.1) is 18.4 Å². The van der Waals surface area contributed by atoms with E-state index in [0.29, 0.717) is 5.76 Å². The first-order valence-corrected chi connectivity index (χ1v) is 6.45. The predicted molar refractivity (Wildman–Crippen MR) is 69.9 cm³/mol. The molecule has 1 N–H and O–H groups in total. The van der Waals surface area contributed by atoms with Gasteiger partial charge >= 0.3 is 5.97 Å². The van der Waals surface area contributed by atoms with Crippen LogP contribution >= 0.6 is 11.3 Å². The van der Waals surface area contributed by atoms with E-state index in [4.69, 9.17) is 9.52 Å². The van der Waals surface area contributed by atoms with Gasteiger partial charge in [-0.05, 0) is 12.1 Å². The molecule has 0 amide bonds. The lowest BCUT2D eigenvalue weighted by atomic mass is 9.91. The minimum absolute atomic E-state index is 0.00494. The fourth-order valence-corrected chi connectivity index (χ4v) is 2.93. The van der Waals surface area contributed by atoms with Crippen molar-refractivity contribution in [3.8, 4) is 10.8 Å². The van der Waals surface area contributed by atoms with Gasteiger partial charge in [-0.2, -0.15) is 0 Å². The van der Waals surface area contributed by atoms with Crippen molar-refractivity contribution in [2.75, 3.05) is 0 Å².